The maximum absolute atomic E-state index is 12.7. The molecule has 1 nitrogen and oxygen atoms in total. The fraction of sp³-hybridized carbons (Fsp3) is 0.333. The molecule has 1 rings (SSSR count). The molecule has 1 N–H and O–H groups in total. The number of hydrogen-bond donors (Lipinski definition) is 1. The van der Waals surface area contributed by atoms with Crippen molar-refractivity contribution in [2.24, 2.45) is 0 Å². The SMILES string of the molecule is CN[C@H](c1ccc(F)c(F)c1)C(F)(F)F. The lowest BCUT2D eigenvalue weighted by Crippen LogP contribution is -2.31. The molecule has 0 bridgehead atoms. The van der Waals surface area contributed by atoms with Crippen molar-refractivity contribution in [3.05, 3.63) is 35.4 Å². The van der Waals surface area contributed by atoms with Gasteiger partial charge < -0.3 is 5.32 Å². The Morgan fingerprint density at radius 2 is 1.73 bits per heavy atom. The van der Waals surface area contributed by atoms with Crippen molar-refractivity contribution in [2.45, 2.75) is 12.2 Å². The largest absolute Gasteiger partial charge is 0.407 e. The Morgan fingerprint density at radius 1 is 1.13 bits per heavy atom. The van der Waals surface area contributed by atoms with Gasteiger partial charge in [-0.3, -0.25) is 0 Å². The third-order valence-electron chi connectivity index (χ3n) is 1.89. The van der Waals surface area contributed by atoms with Crippen LogP contribution >= 0.6 is 0 Å². The molecule has 0 spiro atoms. The molecule has 0 heterocycles. The van der Waals surface area contributed by atoms with Gasteiger partial charge in [0.2, 0.25) is 0 Å². The number of hydrogen-bond acceptors (Lipinski definition) is 1. The molecule has 6 heteroatoms. The summed E-state index contributed by atoms with van der Waals surface area (Å²) in [6, 6.07) is 0.102. The molecule has 1 aromatic rings. The summed E-state index contributed by atoms with van der Waals surface area (Å²) in [5.74, 6) is -2.47. The molecular weight excluding hydrogens is 217 g/mol. The molecule has 0 unspecified atom stereocenters. The highest BCUT2D eigenvalue weighted by atomic mass is 19.4. The Morgan fingerprint density at radius 3 is 2.13 bits per heavy atom. The minimum atomic E-state index is -4.54. The highest BCUT2D eigenvalue weighted by Crippen LogP contribution is 2.32. The fourth-order valence-corrected chi connectivity index (χ4v) is 1.21. The molecule has 0 aliphatic rings. The topological polar surface area (TPSA) is 12.0 Å². The van der Waals surface area contributed by atoms with E-state index in [0.29, 0.717) is 12.1 Å². The lowest BCUT2D eigenvalue weighted by Gasteiger charge is -2.19. The van der Waals surface area contributed by atoms with E-state index >= 15 is 0 Å². The van der Waals surface area contributed by atoms with Crippen LogP contribution in [0.15, 0.2) is 18.2 Å². The average molecular weight is 225 g/mol. The van der Waals surface area contributed by atoms with Crippen molar-refractivity contribution in [3.63, 3.8) is 0 Å². The Hall–Kier alpha value is -1.17. The second-order valence-corrected chi connectivity index (χ2v) is 2.94. The second kappa shape index (κ2) is 4.14. The predicted octanol–water partition coefficient (Wildman–Crippen LogP) is 2.79. The number of nitrogens with one attached hydrogen (secondary N) is 1. The van der Waals surface area contributed by atoms with E-state index in [0.717, 1.165) is 13.1 Å². The standard InChI is InChI=1S/C9H8F5N/c1-15-8(9(12,13)14)5-2-3-6(10)7(11)4-5/h2-4,8,15H,1H3/t8-/m1/s1. The fourth-order valence-electron chi connectivity index (χ4n) is 1.21. The molecular formula is C9H8F5N. The predicted molar refractivity (Wildman–Crippen MR) is 44.2 cm³/mol. The van der Waals surface area contributed by atoms with Gasteiger partial charge >= 0.3 is 6.18 Å². The van der Waals surface area contributed by atoms with Crippen LogP contribution < -0.4 is 5.32 Å². The normalized spacial score (nSPS) is 14.0. The zero-order valence-electron chi connectivity index (χ0n) is 7.70. The summed E-state index contributed by atoms with van der Waals surface area (Å²) < 4.78 is 62.3. The van der Waals surface area contributed by atoms with Gasteiger partial charge in [0.1, 0.15) is 6.04 Å². The first kappa shape index (κ1) is 11.9. The van der Waals surface area contributed by atoms with Crippen LogP contribution in [0.4, 0.5) is 22.0 Å². The summed E-state index contributed by atoms with van der Waals surface area (Å²) in [4.78, 5) is 0. The number of rotatable bonds is 2. The average Bonchev–Trinajstić information content (AvgIpc) is 2.10. The van der Waals surface area contributed by atoms with Gasteiger partial charge in [-0.15, -0.1) is 0 Å². The van der Waals surface area contributed by atoms with Gasteiger partial charge in [0.05, 0.1) is 0 Å². The molecule has 0 saturated heterocycles. The van der Waals surface area contributed by atoms with Crippen molar-refractivity contribution in [2.75, 3.05) is 7.05 Å². The van der Waals surface area contributed by atoms with Gasteiger partial charge in [-0.05, 0) is 24.7 Å². The first-order chi connectivity index (χ1) is 6.86. The molecule has 0 fully saturated rings. The zero-order chi connectivity index (χ0) is 11.6. The monoisotopic (exact) mass is 225 g/mol. The Kier molecular flexibility index (Phi) is 3.28. The number of benzene rings is 1. The summed E-state index contributed by atoms with van der Waals surface area (Å²) >= 11 is 0. The van der Waals surface area contributed by atoms with Crippen LogP contribution in [0.3, 0.4) is 0 Å². The van der Waals surface area contributed by atoms with Crippen LogP contribution in [0.2, 0.25) is 0 Å². The van der Waals surface area contributed by atoms with E-state index in [-0.39, 0.29) is 5.56 Å². The summed E-state index contributed by atoms with van der Waals surface area (Å²) in [7, 11) is 1.10. The summed E-state index contributed by atoms with van der Waals surface area (Å²) in [5, 5.41) is 1.99. The maximum atomic E-state index is 12.7. The molecule has 0 saturated carbocycles. The molecule has 84 valence electrons. The van der Waals surface area contributed by atoms with E-state index in [1.54, 1.807) is 0 Å². The van der Waals surface area contributed by atoms with E-state index in [9.17, 15) is 22.0 Å². The van der Waals surface area contributed by atoms with Crippen LogP contribution in [0.25, 0.3) is 0 Å². The van der Waals surface area contributed by atoms with Gasteiger partial charge in [0, 0.05) is 0 Å². The third-order valence-corrected chi connectivity index (χ3v) is 1.89. The molecule has 0 aromatic heterocycles. The van der Waals surface area contributed by atoms with E-state index in [4.69, 9.17) is 0 Å². The lowest BCUT2D eigenvalue weighted by atomic mass is 10.1. The van der Waals surface area contributed by atoms with Crippen LogP contribution in [0.5, 0.6) is 0 Å². The molecule has 0 aliphatic heterocycles. The quantitative estimate of drug-likeness (QED) is 0.763. The molecule has 1 aromatic carbocycles. The van der Waals surface area contributed by atoms with Crippen molar-refractivity contribution < 1.29 is 22.0 Å². The van der Waals surface area contributed by atoms with Gasteiger partial charge in [-0.25, -0.2) is 8.78 Å². The zero-order valence-corrected chi connectivity index (χ0v) is 7.70. The minimum absolute atomic E-state index is 0.357. The third kappa shape index (κ3) is 2.65. The molecule has 1 atom stereocenters. The first-order valence-electron chi connectivity index (χ1n) is 4.05. The van der Waals surface area contributed by atoms with E-state index < -0.39 is 23.9 Å². The number of alkyl halides is 3. The van der Waals surface area contributed by atoms with Gasteiger partial charge in [0.25, 0.3) is 0 Å². The molecule has 0 aliphatic carbocycles. The second-order valence-electron chi connectivity index (χ2n) is 2.94. The van der Waals surface area contributed by atoms with Gasteiger partial charge in [-0.1, -0.05) is 6.07 Å². The van der Waals surface area contributed by atoms with Crippen molar-refractivity contribution in [3.8, 4) is 0 Å². The summed E-state index contributed by atoms with van der Waals surface area (Å²) in [6.07, 6.45) is -4.54. The first-order valence-corrected chi connectivity index (χ1v) is 4.05. The lowest BCUT2D eigenvalue weighted by molar-refractivity contribution is -0.156. The summed E-state index contributed by atoms with van der Waals surface area (Å²) in [6.45, 7) is 0. The molecule has 0 amide bonds. The Bertz CT molecular complexity index is 347. The van der Waals surface area contributed by atoms with E-state index in [2.05, 4.69) is 0 Å². The van der Waals surface area contributed by atoms with Crippen molar-refractivity contribution in [1.82, 2.24) is 5.32 Å². The Labute approximate surface area is 82.9 Å². The van der Waals surface area contributed by atoms with E-state index in [1.165, 1.54) is 0 Å². The molecule has 15 heavy (non-hydrogen) atoms. The van der Waals surface area contributed by atoms with Gasteiger partial charge in [-0.2, -0.15) is 13.2 Å². The summed E-state index contributed by atoms with van der Waals surface area (Å²) in [5.41, 5.74) is -0.357. The van der Waals surface area contributed by atoms with Crippen LogP contribution in [-0.2, 0) is 0 Å². The van der Waals surface area contributed by atoms with Gasteiger partial charge in [0.15, 0.2) is 11.6 Å². The van der Waals surface area contributed by atoms with Crippen molar-refractivity contribution >= 4 is 0 Å². The van der Waals surface area contributed by atoms with E-state index in [1.807, 2.05) is 5.32 Å². The van der Waals surface area contributed by atoms with Crippen LogP contribution in [0, 0.1) is 11.6 Å². The van der Waals surface area contributed by atoms with Crippen LogP contribution in [0.1, 0.15) is 11.6 Å². The molecule has 0 radical (unpaired) electrons. The van der Waals surface area contributed by atoms with Crippen LogP contribution in [-0.4, -0.2) is 13.2 Å². The maximum Gasteiger partial charge on any atom is 0.407 e. The number of halogens is 5. The Balaban J connectivity index is 3.08. The highest BCUT2D eigenvalue weighted by Gasteiger charge is 2.39. The smallest absolute Gasteiger partial charge is 0.306 e. The highest BCUT2D eigenvalue weighted by molar-refractivity contribution is 5.22. The van der Waals surface area contributed by atoms with Crippen molar-refractivity contribution in [1.29, 1.82) is 0 Å². The minimum Gasteiger partial charge on any atom is -0.306 e.